The van der Waals surface area contributed by atoms with Gasteiger partial charge in [-0.2, -0.15) is 0 Å². The molecule has 0 saturated carbocycles. The van der Waals surface area contributed by atoms with E-state index < -0.39 is 0 Å². The maximum Gasteiger partial charge on any atom is 0.287 e. The Bertz CT molecular complexity index is 2510. The molecule has 0 unspecified atom stereocenters. The van der Waals surface area contributed by atoms with Crippen LogP contribution in [0.15, 0.2) is 108 Å². The number of ether oxygens (including phenoxy) is 2. The van der Waals surface area contributed by atoms with E-state index >= 15 is 0 Å². The maximum atomic E-state index is 6.57. The van der Waals surface area contributed by atoms with Crippen LogP contribution < -0.4 is 30.4 Å². The van der Waals surface area contributed by atoms with Crippen molar-refractivity contribution in [2.45, 2.75) is 6.92 Å². The Morgan fingerprint density at radius 1 is 0.651 bits per heavy atom. The van der Waals surface area contributed by atoms with Crippen LogP contribution in [0.5, 0.6) is 23.0 Å². The molecule has 10 rings (SSSR count). The number of benzene rings is 6. The van der Waals surface area contributed by atoms with Gasteiger partial charge in [-0.3, -0.25) is 0 Å². The lowest BCUT2D eigenvalue weighted by atomic mass is 9.35. The van der Waals surface area contributed by atoms with Gasteiger partial charge in [0.2, 0.25) is 0 Å². The molecule has 6 aromatic carbocycles. The number of hydrogen-bond acceptors (Lipinski definition) is 3. The van der Waals surface area contributed by atoms with Gasteiger partial charge in [-0.05, 0) is 89.5 Å². The van der Waals surface area contributed by atoms with Crippen molar-refractivity contribution in [3.63, 3.8) is 0 Å². The first-order valence-electron chi connectivity index (χ1n) is 14.6. The summed E-state index contributed by atoms with van der Waals surface area (Å²) in [5, 5.41) is 4.55. The van der Waals surface area contributed by atoms with Crippen LogP contribution in [0.4, 0.5) is 0 Å². The summed E-state index contributed by atoms with van der Waals surface area (Å²) in [7, 11) is 2.13. The van der Waals surface area contributed by atoms with E-state index in [0.717, 1.165) is 83.8 Å². The van der Waals surface area contributed by atoms with Gasteiger partial charge in [0.15, 0.2) is 11.0 Å². The first-order chi connectivity index (χ1) is 21.1. The fourth-order valence-electron chi connectivity index (χ4n) is 7.29. The first kappa shape index (κ1) is 23.1. The summed E-state index contributed by atoms with van der Waals surface area (Å²) in [6, 6.07) is 36.0. The Balaban J connectivity index is 1.20. The van der Waals surface area contributed by atoms with E-state index in [0.29, 0.717) is 0 Å². The molecule has 4 heterocycles. The molecule has 0 atom stereocenters. The van der Waals surface area contributed by atoms with E-state index in [-0.39, 0.29) is 6.71 Å². The lowest BCUT2D eigenvalue weighted by Crippen LogP contribution is -2.57. The molecule has 8 aromatic rings. The van der Waals surface area contributed by atoms with Crippen molar-refractivity contribution in [1.82, 2.24) is 4.98 Å². The summed E-state index contributed by atoms with van der Waals surface area (Å²) < 4.78 is 21.7. The highest BCUT2D eigenvalue weighted by atomic mass is 16.5. The monoisotopic (exact) mass is 555 g/mol. The average Bonchev–Trinajstić information content (AvgIpc) is 3.55. The maximum absolute atomic E-state index is 6.57. The molecule has 0 spiro atoms. The number of nitrogens with one attached hydrogen (secondary N) is 1. The minimum Gasteiger partial charge on any atom is -0.458 e. The number of aryl methyl sites for hydroxylation is 2. The summed E-state index contributed by atoms with van der Waals surface area (Å²) in [6.07, 6.45) is 0. The molecular formula is C37H24BN2O3+. The fourth-order valence-corrected chi connectivity index (χ4v) is 7.29. The predicted molar refractivity (Wildman–Crippen MR) is 172 cm³/mol. The largest absolute Gasteiger partial charge is 0.458 e. The second kappa shape index (κ2) is 8.08. The Morgan fingerprint density at radius 3 is 2.30 bits per heavy atom. The molecule has 0 saturated heterocycles. The SMILES string of the molecule is Cc1cc2oc3cc4c(cc3c2cc1-c1[nH]c2c3ccccc3ccc2[n+]1C)Oc1cccc2c1B4c1ccccc1O2. The number of aromatic amines is 1. The third kappa shape index (κ3) is 3.05. The molecular weight excluding hydrogens is 531 g/mol. The van der Waals surface area contributed by atoms with Crippen molar-refractivity contribution >= 4 is 66.8 Å². The van der Waals surface area contributed by atoms with Crippen LogP contribution in [0.3, 0.4) is 0 Å². The smallest absolute Gasteiger partial charge is 0.287 e. The summed E-state index contributed by atoms with van der Waals surface area (Å²) in [4.78, 5) is 3.76. The van der Waals surface area contributed by atoms with Crippen LogP contribution in [0.1, 0.15) is 5.56 Å². The van der Waals surface area contributed by atoms with Crippen LogP contribution in [0.2, 0.25) is 0 Å². The molecule has 43 heavy (non-hydrogen) atoms. The van der Waals surface area contributed by atoms with Crippen molar-refractivity contribution in [2.24, 2.45) is 7.05 Å². The average molecular weight is 555 g/mol. The number of fused-ring (bicyclic) bond motifs is 10. The number of nitrogens with zero attached hydrogens (tertiary/aromatic N) is 1. The van der Waals surface area contributed by atoms with Crippen molar-refractivity contribution in [2.75, 3.05) is 0 Å². The molecule has 6 heteroatoms. The number of furan rings is 1. The van der Waals surface area contributed by atoms with E-state index in [9.17, 15) is 0 Å². The number of aromatic nitrogens is 2. The fraction of sp³-hybridized carbons (Fsp3) is 0.0541. The van der Waals surface area contributed by atoms with Gasteiger partial charge in [-0.15, -0.1) is 0 Å². The Labute approximate surface area is 247 Å². The number of imidazole rings is 1. The number of H-pyrrole nitrogens is 1. The highest BCUT2D eigenvalue weighted by Crippen LogP contribution is 2.39. The molecule has 0 fully saturated rings. The van der Waals surface area contributed by atoms with Crippen LogP contribution in [-0.4, -0.2) is 11.7 Å². The van der Waals surface area contributed by atoms with Crippen LogP contribution in [-0.2, 0) is 7.05 Å². The van der Waals surface area contributed by atoms with Gasteiger partial charge in [0.1, 0.15) is 34.2 Å². The third-order valence-corrected chi connectivity index (χ3v) is 9.35. The van der Waals surface area contributed by atoms with Crippen LogP contribution in [0, 0.1) is 6.92 Å². The quantitative estimate of drug-likeness (QED) is 0.180. The van der Waals surface area contributed by atoms with E-state index in [2.05, 4.69) is 96.3 Å². The lowest BCUT2D eigenvalue weighted by molar-refractivity contribution is -0.633. The minimum absolute atomic E-state index is 0.00929. The van der Waals surface area contributed by atoms with Gasteiger partial charge in [0.25, 0.3) is 12.5 Å². The number of hydrogen-bond donors (Lipinski definition) is 1. The lowest BCUT2D eigenvalue weighted by Gasteiger charge is -2.32. The molecule has 2 aliphatic rings. The molecule has 0 radical (unpaired) electrons. The summed E-state index contributed by atoms with van der Waals surface area (Å²) in [5.41, 5.74) is 9.62. The zero-order valence-corrected chi connectivity index (χ0v) is 23.6. The number of rotatable bonds is 1. The second-order valence-corrected chi connectivity index (χ2v) is 11.7. The molecule has 202 valence electrons. The predicted octanol–water partition coefficient (Wildman–Crippen LogP) is 6.75. The molecule has 2 aliphatic heterocycles. The van der Waals surface area contributed by atoms with Gasteiger partial charge in [-0.25, -0.2) is 9.55 Å². The molecule has 0 aliphatic carbocycles. The highest BCUT2D eigenvalue weighted by Gasteiger charge is 2.40. The Hall–Kier alpha value is -5.49. The van der Waals surface area contributed by atoms with Crippen LogP contribution in [0.25, 0.3) is 55.1 Å². The van der Waals surface area contributed by atoms with E-state index in [1.54, 1.807) is 0 Å². The zero-order chi connectivity index (χ0) is 28.4. The Morgan fingerprint density at radius 2 is 1.40 bits per heavy atom. The third-order valence-electron chi connectivity index (χ3n) is 9.35. The van der Waals surface area contributed by atoms with Gasteiger partial charge >= 0.3 is 0 Å². The second-order valence-electron chi connectivity index (χ2n) is 11.7. The summed E-state index contributed by atoms with van der Waals surface area (Å²) >= 11 is 0. The van der Waals surface area contributed by atoms with E-state index in [1.165, 1.54) is 16.3 Å². The van der Waals surface area contributed by atoms with Gasteiger partial charge < -0.3 is 13.9 Å². The molecule has 0 amide bonds. The first-order valence-corrected chi connectivity index (χ1v) is 14.6. The molecule has 1 N–H and O–H groups in total. The highest BCUT2D eigenvalue weighted by molar-refractivity contribution is 6.98. The van der Waals surface area contributed by atoms with E-state index in [1.807, 2.05) is 30.3 Å². The normalized spacial score (nSPS) is 13.2. The van der Waals surface area contributed by atoms with Crippen molar-refractivity contribution in [3.05, 3.63) is 109 Å². The van der Waals surface area contributed by atoms with Crippen molar-refractivity contribution in [1.29, 1.82) is 0 Å². The van der Waals surface area contributed by atoms with Gasteiger partial charge in [0, 0.05) is 21.6 Å². The van der Waals surface area contributed by atoms with Gasteiger partial charge in [-0.1, -0.05) is 42.5 Å². The van der Waals surface area contributed by atoms with Crippen LogP contribution >= 0.6 is 0 Å². The molecule has 0 bridgehead atoms. The van der Waals surface area contributed by atoms with Gasteiger partial charge in [0.05, 0.1) is 12.6 Å². The van der Waals surface area contributed by atoms with Crippen molar-refractivity contribution in [3.8, 4) is 34.4 Å². The summed E-state index contributed by atoms with van der Waals surface area (Å²) in [5.74, 6) is 4.48. The number of para-hydroxylation sites is 1. The Kier molecular flexibility index (Phi) is 4.34. The zero-order valence-electron chi connectivity index (χ0n) is 23.6. The molecule has 2 aromatic heterocycles. The molecule has 5 nitrogen and oxygen atoms in total. The van der Waals surface area contributed by atoms with E-state index in [4.69, 9.17) is 13.9 Å². The topological polar surface area (TPSA) is 51.3 Å². The standard InChI is InChI=1S/C37H23BN2O3/c1-20-16-32-24(17-23(20)37-39-36-22-9-4-3-8-21(22)14-15-28(36)40(37)2)25-18-34-27(19-33(25)43-32)38-26-10-5-6-11-29(26)41-30-12-7-13-31(42-34)35(30)38/h3-19H,1-2H3/p+1. The minimum atomic E-state index is 0.00929. The summed E-state index contributed by atoms with van der Waals surface area (Å²) in [6.45, 7) is 2.16. The van der Waals surface area contributed by atoms with Crippen molar-refractivity contribution < 1.29 is 18.5 Å².